The number of fused-ring (bicyclic) bond motifs is 4. The SMILES string of the molecule is O=C1c2cccc(-n3c4c(-c5ccc(C(F)(F)F)cc5C(F)(F)F)cccc4c4cccc(-c5ccc(C(F)(F)F)cc5C(F)(F)F)c43)c2C(=O)N1c1cc(-c2ccccc2)cc(-c2ccccc2)c1. The summed E-state index contributed by atoms with van der Waals surface area (Å²) in [6.07, 6.45) is -21.2. The van der Waals surface area contributed by atoms with E-state index in [4.69, 9.17) is 0 Å². The van der Waals surface area contributed by atoms with Crippen LogP contribution in [-0.4, -0.2) is 16.4 Å². The summed E-state index contributed by atoms with van der Waals surface area (Å²) in [6.45, 7) is 0. The number of hydrogen-bond acceptors (Lipinski definition) is 2. The van der Waals surface area contributed by atoms with Gasteiger partial charge in [-0.25, -0.2) is 4.90 Å². The third-order valence-corrected chi connectivity index (χ3v) is 12.2. The lowest BCUT2D eigenvalue weighted by molar-refractivity contribution is -0.144. The monoisotopic (exact) mass is 964 g/mol. The van der Waals surface area contributed by atoms with Gasteiger partial charge in [-0.1, -0.05) is 115 Å². The number of aromatic nitrogens is 1. The molecule has 0 saturated heterocycles. The van der Waals surface area contributed by atoms with Crippen molar-refractivity contribution in [2.45, 2.75) is 24.7 Å². The van der Waals surface area contributed by atoms with E-state index in [0.29, 0.717) is 46.5 Å². The van der Waals surface area contributed by atoms with Gasteiger partial charge in [0, 0.05) is 21.9 Å². The second kappa shape index (κ2) is 16.2. The van der Waals surface area contributed by atoms with Crippen LogP contribution in [0.4, 0.5) is 58.4 Å². The number of hydrogen-bond donors (Lipinski definition) is 0. The molecule has 0 atom stereocenters. The quantitative estimate of drug-likeness (QED) is 0.123. The Labute approximate surface area is 388 Å². The Kier molecular flexibility index (Phi) is 10.6. The molecule has 10 rings (SSSR count). The minimum Gasteiger partial charge on any atom is -0.307 e. The zero-order valence-corrected chi connectivity index (χ0v) is 35.4. The van der Waals surface area contributed by atoms with Crippen LogP contribution in [-0.2, 0) is 24.7 Å². The smallest absolute Gasteiger partial charge is 0.307 e. The Morgan fingerprint density at radius 2 is 0.771 bits per heavy atom. The molecule has 350 valence electrons. The van der Waals surface area contributed by atoms with Crippen molar-refractivity contribution in [3.05, 3.63) is 203 Å². The molecule has 4 nitrogen and oxygen atoms in total. The Balaban J connectivity index is 1.29. The van der Waals surface area contributed by atoms with Crippen molar-refractivity contribution in [3.8, 4) is 50.2 Å². The average molecular weight is 965 g/mol. The lowest BCUT2D eigenvalue weighted by Gasteiger charge is -2.20. The third kappa shape index (κ3) is 7.72. The summed E-state index contributed by atoms with van der Waals surface area (Å²) in [5, 5.41) is 0.0503. The van der Waals surface area contributed by atoms with Crippen molar-refractivity contribution >= 4 is 39.3 Å². The van der Waals surface area contributed by atoms with Crippen LogP contribution in [0.2, 0.25) is 0 Å². The molecule has 70 heavy (non-hydrogen) atoms. The van der Waals surface area contributed by atoms with E-state index in [0.717, 1.165) is 21.6 Å². The fourth-order valence-corrected chi connectivity index (χ4v) is 9.19. The number of imide groups is 1. The van der Waals surface area contributed by atoms with Crippen molar-refractivity contribution in [2.24, 2.45) is 0 Å². The number of amides is 2. The average Bonchev–Trinajstić information content (AvgIpc) is 3.81. The minimum atomic E-state index is -5.41. The van der Waals surface area contributed by atoms with Gasteiger partial charge in [0.1, 0.15) is 0 Å². The van der Waals surface area contributed by atoms with Gasteiger partial charge < -0.3 is 4.57 Å². The topological polar surface area (TPSA) is 42.3 Å². The molecule has 0 N–H and O–H groups in total. The summed E-state index contributed by atoms with van der Waals surface area (Å²) >= 11 is 0. The molecule has 2 amide bonds. The van der Waals surface area contributed by atoms with Crippen LogP contribution in [0.3, 0.4) is 0 Å². The summed E-state index contributed by atoms with van der Waals surface area (Å²) < 4.78 is 175. The van der Waals surface area contributed by atoms with Crippen LogP contribution >= 0.6 is 0 Å². The number of alkyl halides is 12. The Morgan fingerprint density at radius 3 is 1.20 bits per heavy atom. The van der Waals surface area contributed by atoms with Crippen molar-refractivity contribution in [1.29, 1.82) is 0 Å². The standard InChI is InChI=1S/C54H28F12N2O2/c55-51(56,57)33-20-22-36(43(27-33)53(61,62)63)38-14-7-16-40-41-17-8-15-39(37-23-21-34(52(58,59)60)28-44(37)54(64,65)66)48(41)68(47(38)40)45-19-9-18-42-46(45)50(70)67(49(42)69)35-25-31(29-10-3-1-4-11-29)24-32(26-35)30-12-5-2-6-13-30/h1-28H. The van der Waals surface area contributed by atoms with Crippen molar-refractivity contribution in [2.75, 3.05) is 4.90 Å². The summed E-state index contributed by atoms with van der Waals surface area (Å²) in [5.41, 5.74) is -7.67. The molecule has 1 aliphatic rings. The minimum absolute atomic E-state index is 0.0251. The molecule has 1 aliphatic heterocycles. The van der Waals surface area contributed by atoms with E-state index < -0.39 is 81.0 Å². The number of carbonyl (C=O) groups is 2. The van der Waals surface area contributed by atoms with Gasteiger partial charge >= 0.3 is 24.7 Å². The lowest BCUT2D eigenvalue weighted by atomic mass is 9.94. The van der Waals surface area contributed by atoms with Gasteiger partial charge in [-0.15, -0.1) is 0 Å². The van der Waals surface area contributed by atoms with Crippen LogP contribution in [0.5, 0.6) is 0 Å². The summed E-state index contributed by atoms with van der Waals surface area (Å²) in [7, 11) is 0. The highest BCUT2D eigenvalue weighted by molar-refractivity contribution is 6.36. The normalized spacial score (nSPS) is 13.5. The highest BCUT2D eigenvalue weighted by Gasteiger charge is 2.43. The molecule has 0 fully saturated rings. The molecule has 0 radical (unpaired) electrons. The lowest BCUT2D eigenvalue weighted by Crippen LogP contribution is -2.29. The first kappa shape index (κ1) is 45.6. The molecule has 0 unspecified atom stereocenters. The number of carbonyl (C=O) groups excluding carboxylic acids is 2. The van der Waals surface area contributed by atoms with Gasteiger partial charge in [-0.2, -0.15) is 52.7 Å². The van der Waals surface area contributed by atoms with E-state index in [1.807, 2.05) is 30.3 Å². The second-order valence-corrected chi connectivity index (χ2v) is 16.4. The van der Waals surface area contributed by atoms with E-state index in [1.54, 1.807) is 48.5 Å². The highest BCUT2D eigenvalue weighted by atomic mass is 19.4. The van der Waals surface area contributed by atoms with Crippen LogP contribution in [0, 0.1) is 0 Å². The van der Waals surface area contributed by atoms with E-state index in [2.05, 4.69) is 0 Å². The zero-order chi connectivity index (χ0) is 49.7. The molecular weight excluding hydrogens is 937 g/mol. The molecule has 8 aromatic carbocycles. The third-order valence-electron chi connectivity index (χ3n) is 12.2. The number of rotatable bonds is 6. The van der Waals surface area contributed by atoms with Crippen LogP contribution in [0.15, 0.2) is 170 Å². The first-order valence-corrected chi connectivity index (χ1v) is 21.0. The predicted octanol–water partition coefficient (Wildman–Crippen LogP) is 16.3. The molecule has 0 aliphatic carbocycles. The fourth-order valence-electron chi connectivity index (χ4n) is 9.19. The van der Waals surface area contributed by atoms with E-state index >= 15 is 4.79 Å². The first-order chi connectivity index (χ1) is 33.1. The number of para-hydroxylation sites is 2. The Morgan fingerprint density at radius 1 is 0.343 bits per heavy atom. The number of benzene rings is 8. The number of halogens is 12. The summed E-state index contributed by atoms with van der Waals surface area (Å²) in [5.74, 6) is -1.81. The van der Waals surface area contributed by atoms with Gasteiger partial charge in [0.15, 0.2) is 0 Å². The molecule has 0 bridgehead atoms. The maximum Gasteiger partial charge on any atom is 0.417 e. The second-order valence-electron chi connectivity index (χ2n) is 16.4. The summed E-state index contributed by atoms with van der Waals surface area (Å²) in [4.78, 5) is 30.8. The molecule has 16 heteroatoms. The van der Waals surface area contributed by atoms with Crippen LogP contribution < -0.4 is 4.90 Å². The first-order valence-electron chi connectivity index (χ1n) is 21.0. The van der Waals surface area contributed by atoms with Crippen molar-refractivity contribution in [3.63, 3.8) is 0 Å². The van der Waals surface area contributed by atoms with Crippen LogP contribution in [0.25, 0.3) is 72.0 Å². The van der Waals surface area contributed by atoms with E-state index in [1.165, 1.54) is 42.5 Å². The largest absolute Gasteiger partial charge is 0.417 e. The molecule has 0 saturated carbocycles. The van der Waals surface area contributed by atoms with Gasteiger partial charge in [0.25, 0.3) is 11.8 Å². The maximum atomic E-state index is 15.2. The van der Waals surface area contributed by atoms with E-state index in [-0.39, 0.29) is 56.4 Å². The van der Waals surface area contributed by atoms with E-state index in [9.17, 15) is 57.5 Å². The molecular formula is C54H28F12N2O2. The molecule has 2 heterocycles. The highest BCUT2D eigenvalue weighted by Crippen LogP contribution is 2.50. The fraction of sp³-hybridized carbons (Fsp3) is 0.0741. The predicted molar refractivity (Wildman–Crippen MR) is 240 cm³/mol. The van der Waals surface area contributed by atoms with Gasteiger partial charge in [-0.05, 0) is 88.0 Å². The zero-order valence-electron chi connectivity index (χ0n) is 35.4. The van der Waals surface area contributed by atoms with Crippen molar-refractivity contribution < 1.29 is 62.3 Å². The number of anilines is 1. The maximum absolute atomic E-state index is 15.2. The Bertz CT molecular complexity index is 3400. The molecule has 0 spiro atoms. The molecule has 1 aromatic heterocycles. The van der Waals surface area contributed by atoms with Gasteiger partial charge in [0.05, 0.1) is 55.8 Å². The summed E-state index contributed by atoms with van der Waals surface area (Å²) in [6, 6.07) is 36.6. The van der Waals surface area contributed by atoms with Crippen LogP contribution in [0.1, 0.15) is 43.0 Å². The van der Waals surface area contributed by atoms with Gasteiger partial charge in [0.2, 0.25) is 0 Å². The Hall–Kier alpha value is -8.14. The van der Waals surface area contributed by atoms with Crippen molar-refractivity contribution in [1.82, 2.24) is 4.57 Å². The molecule has 9 aromatic rings. The van der Waals surface area contributed by atoms with Gasteiger partial charge in [-0.3, -0.25) is 9.59 Å². The number of nitrogens with zero attached hydrogens (tertiary/aromatic N) is 2.